The maximum Gasteiger partial charge on any atom is 0.306 e. The van der Waals surface area contributed by atoms with Crippen LogP contribution in [0, 0.1) is 0 Å². The second kappa shape index (κ2) is 62.4. The lowest BCUT2D eigenvalue weighted by molar-refractivity contribution is -0.167. The molecule has 1 atom stereocenters. The van der Waals surface area contributed by atoms with Gasteiger partial charge < -0.3 is 14.2 Å². The summed E-state index contributed by atoms with van der Waals surface area (Å²) in [4.78, 5) is 37.8. The van der Waals surface area contributed by atoms with Gasteiger partial charge in [0.2, 0.25) is 0 Å². The van der Waals surface area contributed by atoms with E-state index in [9.17, 15) is 14.4 Å². The second-order valence-corrected chi connectivity index (χ2v) is 22.4. The molecule has 0 aromatic rings. The monoisotopic (exact) mass is 1030 g/mol. The van der Waals surface area contributed by atoms with Crippen molar-refractivity contribution in [3.05, 3.63) is 24.3 Å². The molecule has 0 saturated heterocycles. The van der Waals surface area contributed by atoms with E-state index in [1.165, 1.54) is 257 Å². The van der Waals surface area contributed by atoms with E-state index in [0.29, 0.717) is 19.3 Å². The molecule has 0 amide bonds. The van der Waals surface area contributed by atoms with Crippen molar-refractivity contribution in [2.45, 2.75) is 374 Å². The Kier molecular flexibility index (Phi) is 60.6. The number of hydrogen-bond acceptors (Lipinski definition) is 6. The highest BCUT2D eigenvalue weighted by Crippen LogP contribution is 2.18. The highest BCUT2D eigenvalue weighted by molar-refractivity contribution is 5.71. The first-order chi connectivity index (χ1) is 36.0. The summed E-state index contributed by atoms with van der Waals surface area (Å²) in [5, 5.41) is 0. The van der Waals surface area contributed by atoms with Crippen molar-refractivity contribution in [1.29, 1.82) is 0 Å². The molecule has 0 aromatic heterocycles. The minimum absolute atomic E-state index is 0.0702. The maximum atomic E-state index is 12.8. The quantitative estimate of drug-likeness (QED) is 0.0261. The average molecular weight is 1030 g/mol. The largest absolute Gasteiger partial charge is 0.462 e. The van der Waals surface area contributed by atoms with Crippen LogP contribution in [0.5, 0.6) is 0 Å². The van der Waals surface area contributed by atoms with E-state index in [1.54, 1.807) is 0 Å². The van der Waals surface area contributed by atoms with Gasteiger partial charge in [-0.3, -0.25) is 14.4 Å². The number of esters is 3. The summed E-state index contributed by atoms with van der Waals surface area (Å²) in [7, 11) is 0. The van der Waals surface area contributed by atoms with Gasteiger partial charge in [0.25, 0.3) is 0 Å². The number of unbranched alkanes of at least 4 members (excludes halogenated alkanes) is 46. The average Bonchev–Trinajstić information content (AvgIpc) is 3.39. The van der Waals surface area contributed by atoms with Crippen LogP contribution in [0.15, 0.2) is 24.3 Å². The summed E-state index contributed by atoms with van der Waals surface area (Å²) in [5.41, 5.74) is 0. The van der Waals surface area contributed by atoms with Gasteiger partial charge in [0, 0.05) is 19.3 Å². The van der Waals surface area contributed by atoms with Gasteiger partial charge in [-0.25, -0.2) is 0 Å². The minimum atomic E-state index is -0.768. The number of carbonyl (C=O) groups excluding carboxylic acids is 3. The molecular weight excluding hydrogens is 901 g/mol. The van der Waals surface area contributed by atoms with Crippen LogP contribution in [0.3, 0.4) is 0 Å². The van der Waals surface area contributed by atoms with Crippen LogP contribution in [-0.2, 0) is 28.6 Å². The summed E-state index contributed by atoms with van der Waals surface area (Å²) in [5.74, 6) is -0.873. The van der Waals surface area contributed by atoms with Gasteiger partial charge in [0.05, 0.1) is 0 Å². The van der Waals surface area contributed by atoms with Crippen LogP contribution in [0.1, 0.15) is 367 Å². The summed E-state index contributed by atoms with van der Waals surface area (Å²) in [6.45, 7) is 6.59. The molecule has 0 bridgehead atoms. The molecule has 0 rings (SSSR count). The van der Waals surface area contributed by atoms with Crippen LogP contribution < -0.4 is 0 Å². The molecule has 0 aliphatic carbocycles. The zero-order valence-electron chi connectivity index (χ0n) is 49.4. The van der Waals surface area contributed by atoms with Gasteiger partial charge in [-0.05, 0) is 70.6 Å². The third kappa shape index (κ3) is 60.6. The van der Waals surface area contributed by atoms with Gasteiger partial charge in [0.1, 0.15) is 13.2 Å². The molecule has 73 heavy (non-hydrogen) atoms. The summed E-state index contributed by atoms with van der Waals surface area (Å²) < 4.78 is 16.7. The fourth-order valence-corrected chi connectivity index (χ4v) is 9.97. The highest BCUT2D eigenvalue weighted by atomic mass is 16.6. The second-order valence-electron chi connectivity index (χ2n) is 22.4. The molecule has 0 aromatic carbocycles. The SMILES string of the molecule is CCCCCCCC/C=C\CCCCCCCC(=O)OC(COC(=O)CCCCCCC)COC(=O)CCCCCCCCCCCCCCCCCCCCCCCCC/C=C\CCCCCCCCCC. The Hall–Kier alpha value is -2.11. The number of carbonyl (C=O) groups is 3. The zero-order chi connectivity index (χ0) is 52.9. The fourth-order valence-electron chi connectivity index (χ4n) is 9.97. The van der Waals surface area contributed by atoms with Gasteiger partial charge in [-0.1, -0.05) is 302 Å². The van der Waals surface area contributed by atoms with Crippen LogP contribution in [0.4, 0.5) is 0 Å². The van der Waals surface area contributed by atoms with Crippen molar-refractivity contribution in [2.24, 2.45) is 0 Å². The summed E-state index contributed by atoms with van der Waals surface area (Å²) in [6, 6.07) is 0. The summed E-state index contributed by atoms with van der Waals surface area (Å²) in [6.07, 6.45) is 75.6. The smallest absolute Gasteiger partial charge is 0.306 e. The molecule has 430 valence electrons. The van der Waals surface area contributed by atoms with E-state index in [-0.39, 0.29) is 31.1 Å². The first-order valence-electron chi connectivity index (χ1n) is 32.8. The Labute approximate surface area is 455 Å². The number of ether oxygens (including phenoxy) is 3. The lowest BCUT2D eigenvalue weighted by Crippen LogP contribution is -2.30. The highest BCUT2D eigenvalue weighted by Gasteiger charge is 2.19. The summed E-state index contributed by atoms with van der Waals surface area (Å²) >= 11 is 0. The predicted molar refractivity (Wildman–Crippen MR) is 316 cm³/mol. The van der Waals surface area contributed by atoms with Crippen molar-refractivity contribution >= 4 is 17.9 Å². The van der Waals surface area contributed by atoms with Crippen molar-refractivity contribution < 1.29 is 28.6 Å². The van der Waals surface area contributed by atoms with Crippen LogP contribution in [-0.4, -0.2) is 37.2 Å². The molecule has 0 N–H and O–H groups in total. The van der Waals surface area contributed by atoms with E-state index < -0.39 is 6.10 Å². The van der Waals surface area contributed by atoms with Crippen molar-refractivity contribution in [2.75, 3.05) is 13.2 Å². The van der Waals surface area contributed by atoms with E-state index in [2.05, 4.69) is 45.1 Å². The third-order valence-corrected chi connectivity index (χ3v) is 14.9. The lowest BCUT2D eigenvalue weighted by Gasteiger charge is -2.18. The number of hydrogen-bond donors (Lipinski definition) is 0. The molecular formula is C67H126O6. The third-order valence-electron chi connectivity index (χ3n) is 14.9. The van der Waals surface area contributed by atoms with E-state index >= 15 is 0 Å². The van der Waals surface area contributed by atoms with Gasteiger partial charge in [0.15, 0.2) is 6.10 Å². The Morgan fingerprint density at radius 3 is 0.685 bits per heavy atom. The maximum absolute atomic E-state index is 12.8. The number of rotatable bonds is 61. The molecule has 0 aliphatic rings. The molecule has 0 aliphatic heterocycles. The van der Waals surface area contributed by atoms with Gasteiger partial charge in [-0.2, -0.15) is 0 Å². The Morgan fingerprint density at radius 1 is 0.260 bits per heavy atom. The standard InChI is InChI=1S/C67H126O6/c1-4-7-10-13-15-17-19-21-23-24-25-26-27-28-29-30-31-32-33-34-35-36-37-38-39-40-41-42-44-45-47-49-51-54-57-60-66(69)72-63-64(62-71-65(68)59-56-53-12-9-6-3)73-67(70)61-58-55-52-50-48-46-43-22-20-18-16-14-11-8-5-2/h22,24-25,43,64H,4-21,23,26-42,44-63H2,1-3H3/b25-24-,43-22-. The van der Waals surface area contributed by atoms with E-state index in [4.69, 9.17) is 14.2 Å². The Balaban J connectivity index is 3.83. The predicted octanol–water partition coefficient (Wildman–Crippen LogP) is 22.2. The molecule has 0 fully saturated rings. The molecule has 1 unspecified atom stereocenters. The molecule has 0 saturated carbocycles. The van der Waals surface area contributed by atoms with E-state index in [1.807, 2.05) is 0 Å². The number of allylic oxidation sites excluding steroid dienone is 4. The lowest BCUT2D eigenvalue weighted by atomic mass is 10.0. The molecule has 6 heteroatoms. The van der Waals surface area contributed by atoms with Crippen LogP contribution in [0.25, 0.3) is 0 Å². The van der Waals surface area contributed by atoms with Crippen LogP contribution in [0.2, 0.25) is 0 Å². The first-order valence-corrected chi connectivity index (χ1v) is 32.8. The normalized spacial score (nSPS) is 12.1. The first kappa shape index (κ1) is 70.9. The molecule has 0 heterocycles. The molecule has 0 spiro atoms. The fraction of sp³-hybridized carbons (Fsp3) is 0.896. The van der Waals surface area contributed by atoms with Crippen molar-refractivity contribution in [1.82, 2.24) is 0 Å². The molecule has 0 radical (unpaired) electrons. The van der Waals surface area contributed by atoms with Crippen molar-refractivity contribution in [3.63, 3.8) is 0 Å². The zero-order valence-corrected chi connectivity index (χ0v) is 49.4. The van der Waals surface area contributed by atoms with Crippen LogP contribution >= 0.6 is 0 Å². The molecule has 6 nitrogen and oxygen atoms in total. The minimum Gasteiger partial charge on any atom is -0.462 e. The van der Waals surface area contributed by atoms with E-state index in [0.717, 1.165) is 70.6 Å². The van der Waals surface area contributed by atoms with Gasteiger partial charge >= 0.3 is 17.9 Å². The topological polar surface area (TPSA) is 78.9 Å². The Morgan fingerprint density at radius 2 is 0.452 bits per heavy atom. The van der Waals surface area contributed by atoms with Crippen molar-refractivity contribution in [3.8, 4) is 0 Å². The Bertz CT molecular complexity index is 1180. The van der Waals surface area contributed by atoms with Gasteiger partial charge in [-0.15, -0.1) is 0 Å².